The van der Waals surface area contributed by atoms with Crippen molar-refractivity contribution in [3.63, 3.8) is 0 Å². The van der Waals surface area contributed by atoms with Crippen molar-refractivity contribution in [1.29, 1.82) is 0 Å². The number of rotatable bonds is 3. The van der Waals surface area contributed by atoms with Gasteiger partial charge in [-0.05, 0) is 31.8 Å². The fourth-order valence-corrected chi connectivity index (χ4v) is 3.03. The van der Waals surface area contributed by atoms with Crippen LogP contribution in [0.1, 0.15) is 24.8 Å². The van der Waals surface area contributed by atoms with Gasteiger partial charge in [-0.15, -0.1) is 0 Å². The molecule has 1 aromatic carbocycles. The van der Waals surface area contributed by atoms with Crippen LogP contribution in [-0.2, 0) is 15.3 Å². The maximum atomic E-state index is 5.98. The maximum Gasteiger partial charge on any atom is 0.195 e. The zero-order valence-electron chi connectivity index (χ0n) is 10.7. The van der Waals surface area contributed by atoms with Gasteiger partial charge in [0.1, 0.15) is 0 Å². The molecule has 2 heterocycles. The average Bonchev–Trinajstić information content (AvgIpc) is 2.91. The molecule has 0 spiro atoms. The SMILES string of the molecule is c1ccc(C2(CC3CCCNC3)OCCO2)cc1. The molecule has 1 aromatic rings. The van der Waals surface area contributed by atoms with Gasteiger partial charge in [0, 0.05) is 12.0 Å². The highest BCUT2D eigenvalue weighted by Crippen LogP contribution is 2.38. The van der Waals surface area contributed by atoms with E-state index in [1.165, 1.54) is 12.8 Å². The summed E-state index contributed by atoms with van der Waals surface area (Å²) in [6, 6.07) is 10.4. The second kappa shape index (κ2) is 5.39. The van der Waals surface area contributed by atoms with Crippen LogP contribution in [0.3, 0.4) is 0 Å². The molecular weight excluding hydrogens is 226 g/mol. The Morgan fingerprint density at radius 1 is 1.17 bits per heavy atom. The zero-order chi connectivity index (χ0) is 12.3. The third-order valence-corrected chi connectivity index (χ3v) is 3.92. The molecule has 0 bridgehead atoms. The van der Waals surface area contributed by atoms with Crippen molar-refractivity contribution in [2.75, 3.05) is 26.3 Å². The Balaban J connectivity index is 1.78. The van der Waals surface area contributed by atoms with E-state index in [0.29, 0.717) is 19.1 Å². The second-order valence-electron chi connectivity index (χ2n) is 5.23. The van der Waals surface area contributed by atoms with Crippen LogP contribution < -0.4 is 5.32 Å². The molecule has 3 rings (SSSR count). The summed E-state index contributed by atoms with van der Waals surface area (Å²) in [7, 11) is 0. The molecule has 2 aliphatic rings. The molecule has 0 saturated carbocycles. The summed E-state index contributed by atoms with van der Waals surface area (Å²) in [6.07, 6.45) is 3.49. The van der Waals surface area contributed by atoms with E-state index in [0.717, 1.165) is 25.1 Å². The first-order valence-electron chi connectivity index (χ1n) is 6.93. The van der Waals surface area contributed by atoms with Crippen LogP contribution >= 0.6 is 0 Å². The molecule has 0 amide bonds. The molecule has 1 atom stereocenters. The van der Waals surface area contributed by atoms with Gasteiger partial charge in [-0.2, -0.15) is 0 Å². The Morgan fingerprint density at radius 3 is 2.61 bits per heavy atom. The van der Waals surface area contributed by atoms with Crippen LogP contribution in [0.4, 0.5) is 0 Å². The summed E-state index contributed by atoms with van der Waals surface area (Å²) < 4.78 is 12.0. The number of hydrogen-bond donors (Lipinski definition) is 1. The van der Waals surface area contributed by atoms with E-state index >= 15 is 0 Å². The lowest BCUT2D eigenvalue weighted by Gasteiger charge is -2.33. The topological polar surface area (TPSA) is 30.5 Å². The molecule has 3 nitrogen and oxygen atoms in total. The third-order valence-electron chi connectivity index (χ3n) is 3.92. The smallest absolute Gasteiger partial charge is 0.195 e. The van der Waals surface area contributed by atoms with E-state index < -0.39 is 5.79 Å². The lowest BCUT2D eigenvalue weighted by molar-refractivity contribution is -0.179. The van der Waals surface area contributed by atoms with Crippen LogP contribution in [0.5, 0.6) is 0 Å². The predicted molar refractivity (Wildman–Crippen MR) is 70.2 cm³/mol. The highest BCUT2D eigenvalue weighted by molar-refractivity contribution is 5.21. The van der Waals surface area contributed by atoms with Gasteiger partial charge in [0.25, 0.3) is 0 Å². The van der Waals surface area contributed by atoms with Gasteiger partial charge in [0.15, 0.2) is 5.79 Å². The Kier molecular flexibility index (Phi) is 3.64. The van der Waals surface area contributed by atoms with Crippen molar-refractivity contribution in [1.82, 2.24) is 5.32 Å². The molecule has 0 aliphatic carbocycles. The number of ether oxygens (including phenoxy) is 2. The van der Waals surface area contributed by atoms with Crippen molar-refractivity contribution in [2.24, 2.45) is 5.92 Å². The standard InChI is InChI=1S/C15H21NO2/c1-2-6-14(7-3-1)15(17-9-10-18-15)11-13-5-4-8-16-12-13/h1-3,6-7,13,16H,4-5,8-12H2. The first-order chi connectivity index (χ1) is 8.89. The summed E-state index contributed by atoms with van der Waals surface area (Å²) in [5, 5.41) is 3.47. The molecule has 1 N–H and O–H groups in total. The van der Waals surface area contributed by atoms with Gasteiger partial charge in [0.05, 0.1) is 13.2 Å². The Hall–Kier alpha value is -0.900. The highest BCUT2D eigenvalue weighted by Gasteiger charge is 2.40. The minimum absolute atomic E-state index is 0.495. The fraction of sp³-hybridized carbons (Fsp3) is 0.600. The summed E-state index contributed by atoms with van der Waals surface area (Å²) >= 11 is 0. The molecule has 0 aromatic heterocycles. The summed E-state index contributed by atoms with van der Waals surface area (Å²) in [6.45, 7) is 3.64. The van der Waals surface area contributed by atoms with Crippen molar-refractivity contribution in [2.45, 2.75) is 25.0 Å². The monoisotopic (exact) mass is 247 g/mol. The molecule has 2 fully saturated rings. The van der Waals surface area contributed by atoms with Crippen LogP contribution in [0.15, 0.2) is 30.3 Å². The van der Waals surface area contributed by atoms with E-state index in [9.17, 15) is 0 Å². The molecule has 2 aliphatic heterocycles. The lowest BCUT2D eigenvalue weighted by Crippen LogP contribution is -2.37. The Labute approximate surface area is 108 Å². The molecular formula is C15H21NO2. The molecule has 3 heteroatoms. The molecule has 18 heavy (non-hydrogen) atoms. The zero-order valence-corrected chi connectivity index (χ0v) is 10.7. The number of nitrogens with one attached hydrogen (secondary N) is 1. The quantitative estimate of drug-likeness (QED) is 0.889. The van der Waals surface area contributed by atoms with Crippen LogP contribution in [0, 0.1) is 5.92 Å². The van der Waals surface area contributed by atoms with Crippen LogP contribution in [0.25, 0.3) is 0 Å². The molecule has 0 radical (unpaired) electrons. The summed E-state index contributed by atoms with van der Waals surface area (Å²) in [5.74, 6) is 0.155. The minimum Gasteiger partial charge on any atom is -0.343 e. The maximum absolute atomic E-state index is 5.98. The molecule has 98 valence electrons. The van der Waals surface area contributed by atoms with Crippen molar-refractivity contribution >= 4 is 0 Å². The average molecular weight is 247 g/mol. The Bertz CT molecular complexity index is 367. The van der Waals surface area contributed by atoms with Crippen LogP contribution in [0.2, 0.25) is 0 Å². The van der Waals surface area contributed by atoms with E-state index in [1.807, 2.05) is 6.07 Å². The van der Waals surface area contributed by atoms with Crippen molar-refractivity contribution < 1.29 is 9.47 Å². The second-order valence-corrected chi connectivity index (χ2v) is 5.23. The number of piperidine rings is 1. The van der Waals surface area contributed by atoms with Gasteiger partial charge < -0.3 is 14.8 Å². The Morgan fingerprint density at radius 2 is 1.94 bits per heavy atom. The van der Waals surface area contributed by atoms with Gasteiger partial charge in [-0.1, -0.05) is 30.3 Å². The fourth-order valence-electron chi connectivity index (χ4n) is 3.03. The van der Waals surface area contributed by atoms with Gasteiger partial charge in [-0.3, -0.25) is 0 Å². The molecule has 2 saturated heterocycles. The van der Waals surface area contributed by atoms with E-state index in [1.54, 1.807) is 0 Å². The van der Waals surface area contributed by atoms with E-state index in [4.69, 9.17) is 9.47 Å². The van der Waals surface area contributed by atoms with Crippen LogP contribution in [-0.4, -0.2) is 26.3 Å². The van der Waals surface area contributed by atoms with Crippen molar-refractivity contribution in [3.8, 4) is 0 Å². The highest BCUT2D eigenvalue weighted by atomic mass is 16.7. The lowest BCUT2D eigenvalue weighted by atomic mass is 9.88. The molecule has 1 unspecified atom stereocenters. The summed E-state index contributed by atoms with van der Waals surface area (Å²) in [4.78, 5) is 0. The van der Waals surface area contributed by atoms with E-state index in [2.05, 4.69) is 29.6 Å². The number of hydrogen-bond acceptors (Lipinski definition) is 3. The normalized spacial score (nSPS) is 27.2. The summed E-state index contributed by atoms with van der Waals surface area (Å²) in [5.41, 5.74) is 1.16. The predicted octanol–water partition coefficient (Wildman–Crippen LogP) is 2.28. The largest absolute Gasteiger partial charge is 0.343 e. The minimum atomic E-state index is -0.495. The van der Waals surface area contributed by atoms with E-state index in [-0.39, 0.29) is 0 Å². The first kappa shape index (κ1) is 12.2. The number of benzene rings is 1. The van der Waals surface area contributed by atoms with Crippen molar-refractivity contribution in [3.05, 3.63) is 35.9 Å². The third kappa shape index (κ3) is 2.44. The first-order valence-corrected chi connectivity index (χ1v) is 6.93. The van der Waals surface area contributed by atoms with Gasteiger partial charge in [0.2, 0.25) is 0 Å². The van der Waals surface area contributed by atoms with Gasteiger partial charge in [-0.25, -0.2) is 0 Å². The van der Waals surface area contributed by atoms with Gasteiger partial charge >= 0.3 is 0 Å².